The van der Waals surface area contributed by atoms with Crippen LogP contribution < -0.4 is 0 Å². The number of carbonyl (C=O) groups excluding carboxylic acids is 1. The smallest absolute Gasteiger partial charge is 0.253 e. The van der Waals surface area contributed by atoms with E-state index in [2.05, 4.69) is 15.9 Å². The van der Waals surface area contributed by atoms with E-state index >= 15 is 0 Å². The lowest BCUT2D eigenvalue weighted by Crippen LogP contribution is -2.42. The van der Waals surface area contributed by atoms with Crippen molar-refractivity contribution in [3.05, 3.63) is 34.1 Å². The fourth-order valence-corrected chi connectivity index (χ4v) is 4.00. The first-order valence-electron chi connectivity index (χ1n) is 7.34. The zero-order chi connectivity index (χ0) is 14.2. The lowest BCUT2D eigenvalue weighted by molar-refractivity contribution is 0.0587. The Bertz CT molecular complexity index is 515. The molecule has 2 aliphatic rings. The third kappa shape index (κ3) is 2.62. The highest BCUT2D eigenvalue weighted by molar-refractivity contribution is 9.10. The minimum absolute atomic E-state index is 0.0264. The van der Waals surface area contributed by atoms with Gasteiger partial charge in [-0.2, -0.15) is 0 Å². The number of piperidine rings is 1. The summed E-state index contributed by atoms with van der Waals surface area (Å²) in [6.07, 6.45) is 7.61. The molecule has 2 nitrogen and oxygen atoms in total. The molecule has 4 heteroatoms. The predicted octanol–water partition coefficient (Wildman–Crippen LogP) is 4.38. The molecule has 108 valence electrons. The van der Waals surface area contributed by atoms with Gasteiger partial charge in [0.25, 0.3) is 5.91 Å². The van der Waals surface area contributed by atoms with Crippen LogP contribution in [0.1, 0.15) is 48.9 Å². The number of rotatable bonds is 1. The van der Waals surface area contributed by atoms with Gasteiger partial charge in [0, 0.05) is 18.7 Å². The Labute approximate surface area is 127 Å². The fraction of sp³-hybridized carbons (Fsp3) is 0.562. The maximum absolute atomic E-state index is 13.2. The van der Waals surface area contributed by atoms with Crippen molar-refractivity contribution in [3.8, 4) is 0 Å². The van der Waals surface area contributed by atoms with E-state index in [9.17, 15) is 9.18 Å². The summed E-state index contributed by atoms with van der Waals surface area (Å²) in [5.74, 6) is -0.302. The Morgan fingerprint density at radius 2 is 1.80 bits per heavy atom. The highest BCUT2D eigenvalue weighted by atomic mass is 79.9. The van der Waals surface area contributed by atoms with Gasteiger partial charge in [-0.3, -0.25) is 4.79 Å². The van der Waals surface area contributed by atoms with Crippen LogP contribution in [0.15, 0.2) is 22.7 Å². The van der Waals surface area contributed by atoms with Gasteiger partial charge >= 0.3 is 0 Å². The first-order chi connectivity index (χ1) is 9.60. The highest BCUT2D eigenvalue weighted by Gasteiger charge is 2.38. The quantitative estimate of drug-likeness (QED) is 0.743. The van der Waals surface area contributed by atoms with Gasteiger partial charge in [0.05, 0.1) is 4.47 Å². The summed E-state index contributed by atoms with van der Waals surface area (Å²) >= 11 is 3.14. The molecule has 1 aliphatic carbocycles. The van der Waals surface area contributed by atoms with Crippen LogP contribution in [-0.4, -0.2) is 23.9 Å². The van der Waals surface area contributed by atoms with E-state index in [0.717, 1.165) is 25.9 Å². The summed E-state index contributed by atoms with van der Waals surface area (Å²) in [6, 6.07) is 4.50. The van der Waals surface area contributed by atoms with Gasteiger partial charge in [-0.1, -0.05) is 12.8 Å². The van der Waals surface area contributed by atoms with Gasteiger partial charge in [0.15, 0.2) is 0 Å². The van der Waals surface area contributed by atoms with Crippen LogP contribution in [0.25, 0.3) is 0 Å². The Kier molecular flexibility index (Phi) is 3.85. The largest absolute Gasteiger partial charge is 0.339 e. The Morgan fingerprint density at radius 3 is 2.40 bits per heavy atom. The van der Waals surface area contributed by atoms with Gasteiger partial charge in [-0.15, -0.1) is 0 Å². The van der Waals surface area contributed by atoms with E-state index in [1.807, 2.05) is 4.90 Å². The molecule has 20 heavy (non-hydrogen) atoms. The molecule has 0 atom stereocenters. The lowest BCUT2D eigenvalue weighted by atomic mass is 9.77. The average molecular weight is 340 g/mol. The molecule has 0 N–H and O–H groups in total. The van der Waals surface area contributed by atoms with Crippen molar-refractivity contribution >= 4 is 21.8 Å². The van der Waals surface area contributed by atoms with E-state index in [1.165, 1.54) is 31.7 Å². The van der Waals surface area contributed by atoms with Crippen LogP contribution in [0.2, 0.25) is 0 Å². The van der Waals surface area contributed by atoms with Crippen molar-refractivity contribution in [3.63, 3.8) is 0 Å². The minimum Gasteiger partial charge on any atom is -0.339 e. The monoisotopic (exact) mass is 339 g/mol. The molecular formula is C16H19BrFNO. The molecule has 2 fully saturated rings. The number of likely N-dealkylation sites (tertiary alicyclic amines) is 1. The molecule has 0 bridgehead atoms. The maximum atomic E-state index is 13.2. The van der Waals surface area contributed by atoms with Crippen LogP contribution in [0.4, 0.5) is 4.39 Å². The van der Waals surface area contributed by atoms with Crippen LogP contribution in [0, 0.1) is 11.2 Å². The number of nitrogens with zero attached hydrogens (tertiary/aromatic N) is 1. The predicted molar refractivity (Wildman–Crippen MR) is 80.1 cm³/mol. The first kappa shape index (κ1) is 14.1. The number of amides is 1. The lowest BCUT2D eigenvalue weighted by Gasteiger charge is -2.39. The third-order valence-corrected chi connectivity index (χ3v) is 5.55. The number of hydrogen-bond acceptors (Lipinski definition) is 1. The van der Waals surface area contributed by atoms with Gasteiger partial charge in [0.2, 0.25) is 0 Å². The van der Waals surface area contributed by atoms with Gasteiger partial charge < -0.3 is 4.90 Å². The van der Waals surface area contributed by atoms with E-state index in [4.69, 9.17) is 0 Å². The van der Waals surface area contributed by atoms with Crippen molar-refractivity contribution in [1.29, 1.82) is 0 Å². The van der Waals surface area contributed by atoms with E-state index < -0.39 is 0 Å². The molecule has 1 saturated carbocycles. The summed E-state index contributed by atoms with van der Waals surface area (Å²) in [4.78, 5) is 14.4. The van der Waals surface area contributed by atoms with Crippen LogP contribution >= 0.6 is 15.9 Å². The van der Waals surface area contributed by atoms with Crippen molar-refractivity contribution in [2.45, 2.75) is 38.5 Å². The summed E-state index contributed by atoms with van der Waals surface area (Å²) in [6.45, 7) is 1.68. The molecular weight excluding hydrogens is 321 g/mol. The standard InChI is InChI=1S/C16H19BrFNO/c17-13-11-12(3-4-14(13)18)15(20)19-9-7-16(8-10-19)5-1-2-6-16/h3-4,11H,1-2,5-10H2. The molecule has 1 spiro atoms. The van der Waals surface area contributed by atoms with E-state index in [1.54, 1.807) is 12.1 Å². The van der Waals surface area contributed by atoms with Crippen LogP contribution in [0.3, 0.4) is 0 Å². The zero-order valence-electron chi connectivity index (χ0n) is 11.5. The van der Waals surface area contributed by atoms with E-state index in [0.29, 0.717) is 15.5 Å². The molecule has 0 unspecified atom stereocenters. The summed E-state index contributed by atoms with van der Waals surface area (Å²) in [7, 11) is 0. The molecule has 3 rings (SSSR count). The summed E-state index contributed by atoms with van der Waals surface area (Å²) < 4.78 is 13.6. The van der Waals surface area contributed by atoms with E-state index in [-0.39, 0.29) is 11.7 Å². The van der Waals surface area contributed by atoms with Gasteiger partial charge in [0.1, 0.15) is 5.82 Å². The molecule has 1 amide bonds. The molecule has 1 heterocycles. The molecule has 1 aromatic carbocycles. The Balaban J connectivity index is 1.68. The fourth-order valence-electron chi connectivity index (χ4n) is 3.62. The number of hydrogen-bond donors (Lipinski definition) is 0. The second kappa shape index (κ2) is 5.47. The SMILES string of the molecule is O=C(c1ccc(F)c(Br)c1)N1CCC2(CCCC2)CC1. The highest BCUT2D eigenvalue weighted by Crippen LogP contribution is 2.46. The van der Waals surface area contributed by atoms with Gasteiger partial charge in [-0.25, -0.2) is 4.39 Å². The third-order valence-electron chi connectivity index (χ3n) is 4.94. The first-order valence-corrected chi connectivity index (χ1v) is 8.13. The number of halogens is 2. The molecule has 0 radical (unpaired) electrons. The van der Waals surface area contributed by atoms with Crippen LogP contribution in [-0.2, 0) is 0 Å². The van der Waals surface area contributed by atoms with Crippen molar-refractivity contribution in [2.75, 3.05) is 13.1 Å². The van der Waals surface area contributed by atoms with Gasteiger partial charge in [-0.05, 0) is 65.2 Å². The second-order valence-corrected chi connectivity index (χ2v) is 6.98. The Hall–Kier alpha value is -0.900. The van der Waals surface area contributed by atoms with Crippen molar-refractivity contribution in [2.24, 2.45) is 5.41 Å². The summed E-state index contributed by atoms with van der Waals surface area (Å²) in [5.41, 5.74) is 1.08. The minimum atomic E-state index is -0.329. The Morgan fingerprint density at radius 1 is 1.15 bits per heavy atom. The van der Waals surface area contributed by atoms with Crippen molar-refractivity contribution in [1.82, 2.24) is 4.90 Å². The zero-order valence-corrected chi connectivity index (χ0v) is 13.1. The number of benzene rings is 1. The normalized spacial score (nSPS) is 21.4. The molecule has 1 aromatic rings. The number of carbonyl (C=O) groups is 1. The average Bonchev–Trinajstić information content (AvgIpc) is 2.90. The maximum Gasteiger partial charge on any atom is 0.253 e. The molecule has 1 saturated heterocycles. The van der Waals surface area contributed by atoms with Crippen molar-refractivity contribution < 1.29 is 9.18 Å². The molecule has 1 aliphatic heterocycles. The van der Waals surface area contributed by atoms with Crippen LogP contribution in [0.5, 0.6) is 0 Å². The summed E-state index contributed by atoms with van der Waals surface area (Å²) in [5, 5.41) is 0. The topological polar surface area (TPSA) is 20.3 Å². The molecule has 0 aromatic heterocycles. The second-order valence-electron chi connectivity index (χ2n) is 6.13.